The van der Waals surface area contributed by atoms with Crippen LogP contribution in [0, 0.1) is 0 Å². The zero-order chi connectivity index (χ0) is 29.2. The minimum Gasteiger partial charge on any atom is -0.493 e. The molecule has 0 unspecified atom stereocenters. The molecular formula is C34H38N2O4S. The second kappa shape index (κ2) is 14.5. The molecule has 0 aliphatic heterocycles. The summed E-state index contributed by atoms with van der Waals surface area (Å²) in [7, 11) is 3.23. The molecule has 0 aliphatic carbocycles. The lowest BCUT2D eigenvalue weighted by Crippen LogP contribution is -2.47. The number of nitrogens with zero attached hydrogens (tertiary/aromatic N) is 2. The summed E-state index contributed by atoms with van der Waals surface area (Å²) in [5, 5.41) is 2.01. The van der Waals surface area contributed by atoms with E-state index >= 15 is 0 Å². The van der Waals surface area contributed by atoms with E-state index in [1.165, 1.54) is 0 Å². The SMILES string of the molecule is COc1ccc(CCN(Cc2cccs2)C(=O)CN(C(=O)C(c2ccccc2)c2ccccc2)C(C)C)cc1OC. The zero-order valence-electron chi connectivity index (χ0n) is 24.2. The van der Waals surface area contributed by atoms with Gasteiger partial charge in [0.2, 0.25) is 11.8 Å². The first-order valence-electron chi connectivity index (χ1n) is 13.8. The molecule has 0 spiro atoms. The van der Waals surface area contributed by atoms with Crippen LogP contribution in [0.15, 0.2) is 96.4 Å². The van der Waals surface area contributed by atoms with E-state index in [2.05, 4.69) is 0 Å². The third-order valence-electron chi connectivity index (χ3n) is 7.12. The van der Waals surface area contributed by atoms with Crippen molar-refractivity contribution in [1.82, 2.24) is 9.80 Å². The number of thiophene rings is 1. The number of methoxy groups -OCH3 is 2. The average molecular weight is 571 g/mol. The molecule has 0 radical (unpaired) electrons. The van der Waals surface area contributed by atoms with Crippen LogP contribution in [-0.2, 0) is 22.6 Å². The van der Waals surface area contributed by atoms with E-state index in [0.717, 1.165) is 21.6 Å². The fourth-order valence-corrected chi connectivity index (χ4v) is 5.60. The maximum absolute atomic E-state index is 14.2. The van der Waals surface area contributed by atoms with E-state index in [4.69, 9.17) is 9.47 Å². The highest BCUT2D eigenvalue weighted by Crippen LogP contribution is 2.29. The fourth-order valence-electron chi connectivity index (χ4n) is 4.88. The van der Waals surface area contributed by atoms with Crippen LogP contribution in [0.2, 0.25) is 0 Å². The largest absolute Gasteiger partial charge is 0.493 e. The van der Waals surface area contributed by atoms with Gasteiger partial charge in [-0.15, -0.1) is 11.3 Å². The molecule has 1 heterocycles. The first-order valence-corrected chi connectivity index (χ1v) is 14.7. The van der Waals surface area contributed by atoms with Gasteiger partial charge in [0, 0.05) is 17.5 Å². The highest BCUT2D eigenvalue weighted by atomic mass is 32.1. The lowest BCUT2D eigenvalue weighted by atomic mass is 9.89. The van der Waals surface area contributed by atoms with Gasteiger partial charge < -0.3 is 19.3 Å². The lowest BCUT2D eigenvalue weighted by Gasteiger charge is -2.33. The van der Waals surface area contributed by atoms with Crippen molar-refractivity contribution in [2.24, 2.45) is 0 Å². The molecule has 6 nitrogen and oxygen atoms in total. The highest BCUT2D eigenvalue weighted by Gasteiger charge is 2.31. The van der Waals surface area contributed by atoms with Crippen LogP contribution in [0.3, 0.4) is 0 Å². The molecule has 0 N–H and O–H groups in total. The molecule has 7 heteroatoms. The summed E-state index contributed by atoms with van der Waals surface area (Å²) in [4.78, 5) is 32.8. The van der Waals surface area contributed by atoms with Crippen LogP contribution in [-0.4, -0.2) is 55.0 Å². The van der Waals surface area contributed by atoms with E-state index in [1.807, 2.05) is 115 Å². The molecule has 4 rings (SSSR count). The maximum Gasteiger partial charge on any atom is 0.242 e. The van der Waals surface area contributed by atoms with Crippen molar-refractivity contribution < 1.29 is 19.1 Å². The number of benzene rings is 3. The Morgan fingerprint density at radius 2 is 1.44 bits per heavy atom. The predicted octanol–water partition coefficient (Wildman–Crippen LogP) is 6.41. The molecule has 214 valence electrons. The summed E-state index contributed by atoms with van der Waals surface area (Å²) < 4.78 is 10.8. The Balaban J connectivity index is 1.57. The summed E-state index contributed by atoms with van der Waals surface area (Å²) in [6, 6.07) is 29.3. The second-order valence-corrected chi connectivity index (χ2v) is 11.2. The number of hydrogen-bond acceptors (Lipinski definition) is 5. The van der Waals surface area contributed by atoms with Crippen molar-refractivity contribution in [1.29, 1.82) is 0 Å². The van der Waals surface area contributed by atoms with Crippen molar-refractivity contribution in [3.63, 3.8) is 0 Å². The normalized spacial score (nSPS) is 11.0. The molecule has 41 heavy (non-hydrogen) atoms. The average Bonchev–Trinajstić information content (AvgIpc) is 3.52. The van der Waals surface area contributed by atoms with Crippen molar-refractivity contribution in [2.45, 2.75) is 38.8 Å². The zero-order valence-corrected chi connectivity index (χ0v) is 25.0. The van der Waals surface area contributed by atoms with Gasteiger partial charge in [0.25, 0.3) is 0 Å². The van der Waals surface area contributed by atoms with E-state index in [0.29, 0.717) is 31.0 Å². The van der Waals surface area contributed by atoms with E-state index in [-0.39, 0.29) is 24.4 Å². The van der Waals surface area contributed by atoms with Crippen LogP contribution in [0.5, 0.6) is 11.5 Å². The molecule has 4 aromatic rings. The molecular weight excluding hydrogens is 532 g/mol. The van der Waals surface area contributed by atoms with E-state index in [9.17, 15) is 9.59 Å². The third kappa shape index (κ3) is 7.76. The molecule has 0 aliphatic rings. The van der Waals surface area contributed by atoms with Crippen molar-refractivity contribution in [2.75, 3.05) is 27.3 Å². The molecule has 0 bridgehead atoms. The van der Waals surface area contributed by atoms with Crippen LogP contribution in [0.25, 0.3) is 0 Å². The standard InChI is InChI=1S/C34H38N2O4S/c1-25(2)36(34(38)33(27-12-7-5-8-13-27)28-14-9-6-10-15-28)24-32(37)35(23-29-16-11-21-41-29)20-19-26-17-18-30(39-3)31(22-26)40-4/h5-18,21-22,25,33H,19-20,23-24H2,1-4H3. The molecule has 3 aromatic carbocycles. The van der Waals surface area contributed by atoms with Gasteiger partial charge in [0.05, 0.1) is 26.7 Å². The van der Waals surface area contributed by atoms with Crippen LogP contribution >= 0.6 is 11.3 Å². The van der Waals surface area contributed by atoms with Gasteiger partial charge in [-0.3, -0.25) is 9.59 Å². The summed E-state index contributed by atoms with van der Waals surface area (Å²) in [6.45, 7) is 4.93. The fraction of sp³-hybridized carbons (Fsp3) is 0.294. The lowest BCUT2D eigenvalue weighted by molar-refractivity contribution is -0.142. The van der Waals surface area contributed by atoms with Gasteiger partial charge in [-0.1, -0.05) is 72.8 Å². The first kappa shape index (κ1) is 29.9. The molecule has 2 amide bonds. The van der Waals surface area contributed by atoms with Crippen LogP contribution < -0.4 is 9.47 Å². The number of carbonyl (C=O) groups is 2. The van der Waals surface area contributed by atoms with Crippen LogP contribution in [0.4, 0.5) is 0 Å². The van der Waals surface area contributed by atoms with Gasteiger partial charge in [0.1, 0.15) is 6.54 Å². The minimum atomic E-state index is -0.495. The first-order chi connectivity index (χ1) is 19.9. The Bertz CT molecular complexity index is 1350. The van der Waals surface area contributed by atoms with Crippen molar-refractivity contribution in [3.8, 4) is 11.5 Å². The Kier molecular flexibility index (Phi) is 10.6. The quantitative estimate of drug-likeness (QED) is 0.187. The van der Waals surface area contributed by atoms with Crippen molar-refractivity contribution >= 4 is 23.2 Å². The Labute approximate surface area is 247 Å². The number of rotatable bonds is 13. The van der Waals surface area contributed by atoms with Gasteiger partial charge in [-0.2, -0.15) is 0 Å². The Morgan fingerprint density at radius 3 is 1.98 bits per heavy atom. The highest BCUT2D eigenvalue weighted by molar-refractivity contribution is 7.09. The molecule has 1 aromatic heterocycles. The Hall–Kier alpha value is -4.10. The monoisotopic (exact) mass is 570 g/mol. The van der Waals surface area contributed by atoms with Crippen molar-refractivity contribution in [3.05, 3.63) is 118 Å². The number of amides is 2. The van der Waals surface area contributed by atoms with Crippen LogP contribution in [0.1, 0.15) is 41.3 Å². The minimum absolute atomic E-state index is 0.00394. The summed E-state index contributed by atoms with van der Waals surface area (Å²) in [5.41, 5.74) is 2.85. The van der Waals surface area contributed by atoms with Gasteiger partial charge in [0.15, 0.2) is 11.5 Å². The van der Waals surface area contributed by atoms with Gasteiger partial charge in [-0.05, 0) is 60.5 Å². The van der Waals surface area contributed by atoms with Gasteiger partial charge >= 0.3 is 0 Å². The number of ether oxygens (including phenoxy) is 2. The Morgan fingerprint density at radius 1 is 0.805 bits per heavy atom. The topological polar surface area (TPSA) is 59.1 Å². The number of hydrogen-bond donors (Lipinski definition) is 0. The van der Waals surface area contributed by atoms with E-state index in [1.54, 1.807) is 30.5 Å². The second-order valence-electron chi connectivity index (χ2n) is 10.1. The molecule has 0 atom stereocenters. The number of carbonyl (C=O) groups excluding carboxylic acids is 2. The van der Waals surface area contributed by atoms with E-state index < -0.39 is 5.92 Å². The smallest absolute Gasteiger partial charge is 0.242 e. The predicted molar refractivity (Wildman–Crippen MR) is 165 cm³/mol. The third-order valence-corrected chi connectivity index (χ3v) is 7.98. The molecule has 0 saturated carbocycles. The van der Waals surface area contributed by atoms with Gasteiger partial charge in [-0.25, -0.2) is 0 Å². The summed E-state index contributed by atoms with van der Waals surface area (Å²) in [5.74, 6) is 0.665. The molecule has 0 fully saturated rings. The summed E-state index contributed by atoms with van der Waals surface area (Å²) in [6.07, 6.45) is 0.643. The molecule has 0 saturated heterocycles. The summed E-state index contributed by atoms with van der Waals surface area (Å²) >= 11 is 1.62. The maximum atomic E-state index is 14.2.